The van der Waals surface area contributed by atoms with Gasteiger partial charge in [-0.15, -0.1) is 11.3 Å². The summed E-state index contributed by atoms with van der Waals surface area (Å²) in [5.74, 6) is 2.88. The summed E-state index contributed by atoms with van der Waals surface area (Å²) in [5, 5.41) is 2.50. The zero-order valence-electron chi connectivity index (χ0n) is 14.5. The fourth-order valence-corrected chi connectivity index (χ4v) is 3.61. The lowest BCUT2D eigenvalue weighted by molar-refractivity contribution is 0.475. The Hall–Kier alpha value is -2.71. The molecule has 0 aliphatic rings. The van der Waals surface area contributed by atoms with E-state index in [1.165, 1.54) is 11.3 Å². The van der Waals surface area contributed by atoms with Gasteiger partial charge >= 0.3 is 0 Å². The minimum Gasteiger partial charge on any atom is -0.453 e. The number of hydrogen-bond acceptors (Lipinski definition) is 6. The molecule has 0 unspecified atom stereocenters. The number of aryl methyl sites for hydroxylation is 1. The van der Waals surface area contributed by atoms with Crippen molar-refractivity contribution >= 4 is 32.4 Å². The maximum atomic E-state index is 6.10. The van der Waals surface area contributed by atoms with E-state index in [4.69, 9.17) is 10.5 Å². The second-order valence-electron chi connectivity index (χ2n) is 5.90. The summed E-state index contributed by atoms with van der Waals surface area (Å²) in [4.78, 5) is 13.5. The molecule has 2 N–H and O–H groups in total. The van der Waals surface area contributed by atoms with E-state index in [0.29, 0.717) is 23.1 Å². The predicted octanol–water partition coefficient (Wildman–Crippen LogP) is 4.76. The number of imidazole rings is 1. The van der Waals surface area contributed by atoms with Gasteiger partial charge in [-0.05, 0) is 35.0 Å². The van der Waals surface area contributed by atoms with Crippen molar-refractivity contribution in [2.75, 3.05) is 5.73 Å². The van der Waals surface area contributed by atoms with Crippen molar-refractivity contribution in [1.82, 2.24) is 19.5 Å². The third kappa shape index (κ3) is 3.86. The highest BCUT2D eigenvalue weighted by atomic mass is 79.9. The second-order valence-corrected chi connectivity index (χ2v) is 7.70. The van der Waals surface area contributed by atoms with Crippen molar-refractivity contribution in [3.8, 4) is 17.3 Å². The number of ether oxygens (including phenoxy) is 1. The normalized spacial score (nSPS) is 10.9. The molecule has 0 radical (unpaired) electrons. The van der Waals surface area contributed by atoms with Gasteiger partial charge in [0.05, 0.1) is 5.69 Å². The van der Waals surface area contributed by atoms with E-state index in [1.807, 2.05) is 59.5 Å². The molecule has 6 nitrogen and oxygen atoms in total. The molecule has 4 rings (SSSR count). The summed E-state index contributed by atoms with van der Waals surface area (Å²) in [5.41, 5.74) is 7.60. The van der Waals surface area contributed by atoms with Crippen molar-refractivity contribution in [2.24, 2.45) is 0 Å². The molecule has 0 amide bonds. The Kier molecular flexibility index (Phi) is 4.91. The van der Waals surface area contributed by atoms with Crippen molar-refractivity contribution in [3.63, 3.8) is 0 Å². The van der Waals surface area contributed by atoms with E-state index in [-0.39, 0.29) is 0 Å². The Morgan fingerprint density at radius 1 is 1.19 bits per heavy atom. The molecular formula is C19H16BrN5OS. The largest absolute Gasteiger partial charge is 0.453 e. The van der Waals surface area contributed by atoms with Gasteiger partial charge < -0.3 is 10.5 Å². The molecule has 3 aromatic heterocycles. The Morgan fingerprint density at radius 2 is 2.00 bits per heavy atom. The van der Waals surface area contributed by atoms with Gasteiger partial charge in [-0.3, -0.25) is 4.57 Å². The van der Waals surface area contributed by atoms with Gasteiger partial charge in [-0.1, -0.05) is 18.2 Å². The van der Waals surface area contributed by atoms with E-state index in [0.717, 1.165) is 27.4 Å². The summed E-state index contributed by atoms with van der Waals surface area (Å²) in [6.07, 6.45) is 4.13. The first-order valence-electron chi connectivity index (χ1n) is 8.22. The van der Waals surface area contributed by atoms with E-state index in [9.17, 15) is 0 Å². The SMILES string of the molecule is Cc1cnc(Cc2csc(N)n2)n1-c1ncc(Br)cc1Oc1ccccc1. The summed E-state index contributed by atoms with van der Waals surface area (Å²) in [6.45, 7) is 1.99. The van der Waals surface area contributed by atoms with Crippen LogP contribution >= 0.6 is 27.3 Å². The molecule has 0 fully saturated rings. The fourth-order valence-electron chi connectivity index (χ4n) is 2.74. The lowest BCUT2D eigenvalue weighted by Crippen LogP contribution is -2.08. The number of benzene rings is 1. The van der Waals surface area contributed by atoms with Crippen LogP contribution in [-0.2, 0) is 6.42 Å². The number of pyridine rings is 1. The zero-order valence-corrected chi connectivity index (χ0v) is 16.9. The number of anilines is 1. The van der Waals surface area contributed by atoms with Crippen LogP contribution in [-0.4, -0.2) is 19.5 Å². The highest BCUT2D eigenvalue weighted by molar-refractivity contribution is 9.10. The number of rotatable bonds is 5. The Balaban J connectivity index is 1.76. The minimum absolute atomic E-state index is 0.551. The number of aromatic nitrogens is 4. The van der Waals surface area contributed by atoms with Gasteiger partial charge in [0, 0.05) is 40.4 Å². The molecule has 0 saturated heterocycles. The van der Waals surface area contributed by atoms with Crippen LogP contribution in [0.2, 0.25) is 0 Å². The van der Waals surface area contributed by atoms with Crippen LogP contribution in [0.1, 0.15) is 17.2 Å². The van der Waals surface area contributed by atoms with Crippen LogP contribution in [0.15, 0.2) is 58.6 Å². The predicted molar refractivity (Wildman–Crippen MR) is 110 cm³/mol. The smallest absolute Gasteiger partial charge is 0.182 e. The standard InChI is InChI=1S/C19H16BrN5OS/c1-12-9-22-17(8-14-11-27-19(21)24-14)25(12)18-16(7-13(20)10-23-18)26-15-5-3-2-4-6-15/h2-7,9-11H,8H2,1H3,(H2,21,24). The second kappa shape index (κ2) is 7.50. The van der Waals surface area contributed by atoms with Crippen LogP contribution in [0.3, 0.4) is 0 Å². The molecule has 0 aliphatic heterocycles. The lowest BCUT2D eigenvalue weighted by atomic mass is 10.3. The van der Waals surface area contributed by atoms with E-state index >= 15 is 0 Å². The average molecular weight is 442 g/mol. The Labute approximate surface area is 168 Å². The highest BCUT2D eigenvalue weighted by Gasteiger charge is 2.17. The first-order valence-corrected chi connectivity index (χ1v) is 9.89. The Morgan fingerprint density at radius 3 is 2.74 bits per heavy atom. The van der Waals surface area contributed by atoms with Crippen LogP contribution in [0.5, 0.6) is 11.5 Å². The molecule has 0 aliphatic carbocycles. The molecule has 0 bridgehead atoms. The number of halogens is 1. The third-order valence-corrected chi connectivity index (χ3v) is 5.06. The van der Waals surface area contributed by atoms with Gasteiger partial charge in [0.15, 0.2) is 16.7 Å². The van der Waals surface area contributed by atoms with E-state index < -0.39 is 0 Å². The van der Waals surface area contributed by atoms with Crippen LogP contribution < -0.4 is 10.5 Å². The fraction of sp³-hybridized carbons (Fsp3) is 0.105. The van der Waals surface area contributed by atoms with Gasteiger partial charge in [0.25, 0.3) is 0 Å². The van der Waals surface area contributed by atoms with Crippen molar-refractivity contribution in [1.29, 1.82) is 0 Å². The summed E-state index contributed by atoms with van der Waals surface area (Å²) in [6, 6.07) is 11.5. The zero-order chi connectivity index (χ0) is 18.8. The first kappa shape index (κ1) is 17.7. The topological polar surface area (TPSA) is 78.9 Å². The molecular weight excluding hydrogens is 426 g/mol. The van der Waals surface area contributed by atoms with E-state index in [1.54, 1.807) is 6.20 Å². The molecule has 4 aromatic rings. The average Bonchev–Trinajstić information content (AvgIpc) is 3.22. The molecule has 0 spiro atoms. The third-order valence-electron chi connectivity index (χ3n) is 3.90. The molecule has 8 heteroatoms. The maximum Gasteiger partial charge on any atom is 0.182 e. The number of hydrogen-bond donors (Lipinski definition) is 1. The van der Waals surface area contributed by atoms with Gasteiger partial charge in [0.1, 0.15) is 11.6 Å². The first-order chi connectivity index (χ1) is 13.1. The quantitative estimate of drug-likeness (QED) is 0.482. The van der Waals surface area contributed by atoms with Crippen LogP contribution in [0.25, 0.3) is 5.82 Å². The molecule has 3 heterocycles. The van der Waals surface area contributed by atoms with Crippen molar-refractivity contribution in [2.45, 2.75) is 13.3 Å². The number of nitrogens with two attached hydrogens (primary N) is 1. The molecule has 1 aromatic carbocycles. The molecule has 27 heavy (non-hydrogen) atoms. The number of para-hydroxylation sites is 1. The maximum absolute atomic E-state index is 6.10. The van der Waals surface area contributed by atoms with Gasteiger partial charge in [0.2, 0.25) is 0 Å². The van der Waals surface area contributed by atoms with Gasteiger partial charge in [-0.2, -0.15) is 0 Å². The summed E-state index contributed by atoms with van der Waals surface area (Å²) < 4.78 is 8.93. The Bertz CT molecular complexity index is 1080. The molecule has 0 atom stereocenters. The van der Waals surface area contributed by atoms with Crippen LogP contribution in [0.4, 0.5) is 5.13 Å². The minimum atomic E-state index is 0.551. The summed E-state index contributed by atoms with van der Waals surface area (Å²) in [7, 11) is 0. The highest BCUT2D eigenvalue weighted by Crippen LogP contribution is 2.31. The van der Waals surface area contributed by atoms with E-state index in [2.05, 4.69) is 30.9 Å². The summed E-state index contributed by atoms with van der Waals surface area (Å²) >= 11 is 4.90. The molecule has 0 saturated carbocycles. The monoisotopic (exact) mass is 441 g/mol. The number of nitrogen functional groups attached to an aromatic ring is 1. The van der Waals surface area contributed by atoms with Crippen LogP contribution in [0, 0.1) is 6.92 Å². The van der Waals surface area contributed by atoms with Gasteiger partial charge in [-0.25, -0.2) is 15.0 Å². The van der Waals surface area contributed by atoms with Crippen molar-refractivity contribution < 1.29 is 4.74 Å². The molecule has 136 valence electrons. The number of thiazole rings is 1. The number of nitrogens with zero attached hydrogens (tertiary/aromatic N) is 4. The van der Waals surface area contributed by atoms with Crippen molar-refractivity contribution in [3.05, 3.63) is 75.9 Å². The lowest BCUT2D eigenvalue weighted by Gasteiger charge is -2.14.